The molecule has 2 aromatic rings. The standard InChI is InChI=1S/C13H15N3O3/c1-19-12(17)4-5-15-13(18)10-7-16-11-3-2-8(14)6-9(10)11/h2-3,6-7,16H,4-5,14H2,1H3,(H,15,18). The highest BCUT2D eigenvalue weighted by Gasteiger charge is 2.12. The summed E-state index contributed by atoms with van der Waals surface area (Å²) in [4.78, 5) is 25.9. The van der Waals surface area contributed by atoms with Crippen LogP contribution in [-0.2, 0) is 9.53 Å². The van der Waals surface area contributed by atoms with Gasteiger partial charge < -0.3 is 20.8 Å². The van der Waals surface area contributed by atoms with E-state index in [0.717, 1.165) is 10.9 Å². The van der Waals surface area contributed by atoms with Gasteiger partial charge in [-0.1, -0.05) is 0 Å². The maximum atomic E-state index is 12.0. The molecule has 1 heterocycles. The number of anilines is 1. The summed E-state index contributed by atoms with van der Waals surface area (Å²) in [5, 5.41) is 3.42. The number of amides is 1. The number of nitrogens with one attached hydrogen (secondary N) is 2. The minimum Gasteiger partial charge on any atom is -0.469 e. The molecule has 0 spiro atoms. The third-order valence-corrected chi connectivity index (χ3v) is 2.79. The highest BCUT2D eigenvalue weighted by Crippen LogP contribution is 2.20. The quantitative estimate of drug-likeness (QED) is 0.566. The molecule has 6 nitrogen and oxygen atoms in total. The molecule has 0 bridgehead atoms. The van der Waals surface area contributed by atoms with Crippen LogP contribution in [0.2, 0.25) is 0 Å². The molecule has 0 aliphatic heterocycles. The van der Waals surface area contributed by atoms with Gasteiger partial charge in [-0.3, -0.25) is 9.59 Å². The molecule has 1 aromatic carbocycles. The minimum atomic E-state index is -0.358. The number of aromatic amines is 1. The predicted molar refractivity (Wildman–Crippen MR) is 71.7 cm³/mol. The molecule has 4 N–H and O–H groups in total. The van der Waals surface area contributed by atoms with E-state index in [0.29, 0.717) is 11.3 Å². The summed E-state index contributed by atoms with van der Waals surface area (Å²) in [6, 6.07) is 5.31. The first-order chi connectivity index (χ1) is 9.11. The number of ether oxygens (including phenoxy) is 1. The van der Waals surface area contributed by atoms with Crippen LogP contribution < -0.4 is 11.1 Å². The first-order valence-electron chi connectivity index (χ1n) is 5.83. The Kier molecular flexibility index (Phi) is 3.70. The summed E-state index contributed by atoms with van der Waals surface area (Å²) >= 11 is 0. The molecule has 1 aromatic heterocycles. The molecule has 0 atom stereocenters. The van der Waals surface area contributed by atoms with E-state index in [9.17, 15) is 9.59 Å². The Bertz CT molecular complexity index is 619. The van der Waals surface area contributed by atoms with E-state index < -0.39 is 0 Å². The van der Waals surface area contributed by atoms with E-state index in [1.165, 1.54) is 7.11 Å². The summed E-state index contributed by atoms with van der Waals surface area (Å²) in [6.45, 7) is 0.237. The maximum absolute atomic E-state index is 12.0. The number of fused-ring (bicyclic) bond motifs is 1. The molecule has 1 amide bonds. The number of benzene rings is 1. The summed E-state index contributed by atoms with van der Waals surface area (Å²) in [5.74, 6) is -0.607. The van der Waals surface area contributed by atoms with Crippen molar-refractivity contribution >= 4 is 28.5 Å². The van der Waals surface area contributed by atoms with Crippen LogP contribution in [0.5, 0.6) is 0 Å². The Morgan fingerprint density at radius 2 is 2.21 bits per heavy atom. The zero-order chi connectivity index (χ0) is 13.8. The number of carbonyl (C=O) groups is 2. The van der Waals surface area contributed by atoms with Crippen LogP contribution in [0.25, 0.3) is 10.9 Å². The van der Waals surface area contributed by atoms with Gasteiger partial charge >= 0.3 is 5.97 Å². The third-order valence-electron chi connectivity index (χ3n) is 2.79. The zero-order valence-electron chi connectivity index (χ0n) is 10.5. The zero-order valence-corrected chi connectivity index (χ0v) is 10.5. The first kappa shape index (κ1) is 12.9. The SMILES string of the molecule is COC(=O)CCNC(=O)c1c[nH]c2ccc(N)cc12. The lowest BCUT2D eigenvalue weighted by Gasteiger charge is -2.03. The van der Waals surface area contributed by atoms with Crippen LogP contribution in [0.3, 0.4) is 0 Å². The number of methoxy groups -OCH3 is 1. The molecule has 0 saturated carbocycles. The van der Waals surface area contributed by atoms with Gasteiger partial charge in [0.25, 0.3) is 5.91 Å². The van der Waals surface area contributed by atoms with Gasteiger partial charge in [-0.15, -0.1) is 0 Å². The number of H-pyrrole nitrogens is 1. The highest BCUT2D eigenvalue weighted by atomic mass is 16.5. The Morgan fingerprint density at radius 1 is 1.42 bits per heavy atom. The Labute approximate surface area is 109 Å². The van der Waals surface area contributed by atoms with Crippen molar-refractivity contribution in [2.24, 2.45) is 0 Å². The van der Waals surface area contributed by atoms with Crippen LogP contribution in [0.1, 0.15) is 16.8 Å². The number of hydrogen-bond donors (Lipinski definition) is 3. The second kappa shape index (κ2) is 5.43. The predicted octanol–water partition coefficient (Wildman–Crippen LogP) is 1.04. The number of esters is 1. The van der Waals surface area contributed by atoms with E-state index in [-0.39, 0.29) is 24.8 Å². The van der Waals surface area contributed by atoms with Crippen molar-refractivity contribution in [2.45, 2.75) is 6.42 Å². The van der Waals surface area contributed by atoms with Gasteiger partial charge in [-0.25, -0.2) is 0 Å². The fraction of sp³-hybridized carbons (Fsp3) is 0.231. The molecule has 0 saturated heterocycles. The molecule has 6 heteroatoms. The smallest absolute Gasteiger partial charge is 0.307 e. The van der Waals surface area contributed by atoms with E-state index in [1.807, 2.05) is 6.07 Å². The van der Waals surface area contributed by atoms with Gasteiger partial charge in [0.05, 0.1) is 19.1 Å². The van der Waals surface area contributed by atoms with Crippen molar-refractivity contribution in [2.75, 3.05) is 19.4 Å². The summed E-state index contributed by atoms with van der Waals surface area (Å²) in [5.41, 5.74) is 7.64. The van der Waals surface area contributed by atoms with Crippen LogP contribution in [0, 0.1) is 0 Å². The van der Waals surface area contributed by atoms with Gasteiger partial charge in [0, 0.05) is 29.3 Å². The van der Waals surface area contributed by atoms with Gasteiger partial charge in [-0.05, 0) is 18.2 Å². The number of nitrogens with two attached hydrogens (primary N) is 1. The van der Waals surface area contributed by atoms with Crippen LogP contribution in [0.15, 0.2) is 24.4 Å². The topological polar surface area (TPSA) is 97.2 Å². The van der Waals surface area contributed by atoms with Crippen LogP contribution in [0.4, 0.5) is 5.69 Å². The molecule has 0 aliphatic carbocycles. The second-order valence-corrected chi connectivity index (χ2v) is 4.09. The Hall–Kier alpha value is -2.50. The van der Waals surface area contributed by atoms with Crippen molar-refractivity contribution in [1.82, 2.24) is 10.3 Å². The molecule has 2 rings (SSSR count). The first-order valence-corrected chi connectivity index (χ1v) is 5.83. The molecule has 19 heavy (non-hydrogen) atoms. The lowest BCUT2D eigenvalue weighted by Crippen LogP contribution is -2.26. The highest BCUT2D eigenvalue weighted by molar-refractivity contribution is 6.07. The van der Waals surface area contributed by atoms with Gasteiger partial charge in [0.15, 0.2) is 0 Å². The van der Waals surface area contributed by atoms with E-state index >= 15 is 0 Å². The van der Waals surface area contributed by atoms with Crippen LogP contribution >= 0.6 is 0 Å². The van der Waals surface area contributed by atoms with Crippen LogP contribution in [-0.4, -0.2) is 30.5 Å². The average molecular weight is 261 g/mol. The molecular weight excluding hydrogens is 246 g/mol. The lowest BCUT2D eigenvalue weighted by atomic mass is 10.1. The van der Waals surface area contributed by atoms with Gasteiger partial charge in [0.2, 0.25) is 0 Å². The molecule has 0 radical (unpaired) electrons. The number of rotatable bonds is 4. The number of hydrogen-bond acceptors (Lipinski definition) is 4. The minimum absolute atomic E-state index is 0.146. The van der Waals surface area contributed by atoms with Gasteiger partial charge in [0.1, 0.15) is 0 Å². The molecule has 0 aliphatic rings. The normalized spacial score (nSPS) is 10.4. The van der Waals surface area contributed by atoms with Crippen molar-refractivity contribution < 1.29 is 14.3 Å². The Morgan fingerprint density at radius 3 is 2.95 bits per heavy atom. The summed E-state index contributed by atoms with van der Waals surface area (Å²) < 4.78 is 4.50. The monoisotopic (exact) mass is 261 g/mol. The van der Waals surface area contributed by atoms with Crippen molar-refractivity contribution in [3.05, 3.63) is 30.0 Å². The Balaban J connectivity index is 2.09. The second-order valence-electron chi connectivity index (χ2n) is 4.09. The number of aromatic nitrogens is 1. The lowest BCUT2D eigenvalue weighted by molar-refractivity contribution is -0.140. The van der Waals surface area contributed by atoms with Gasteiger partial charge in [-0.2, -0.15) is 0 Å². The molecule has 0 unspecified atom stereocenters. The van der Waals surface area contributed by atoms with Crippen molar-refractivity contribution in [1.29, 1.82) is 0 Å². The molecular formula is C13H15N3O3. The average Bonchev–Trinajstić information content (AvgIpc) is 2.81. The number of nitrogen functional groups attached to an aromatic ring is 1. The third kappa shape index (κ3) is 2.85. The van der Waals surface area contributed by atoms with Crippen molar-refractivity contribution in [3.63, 3.8) is 0 Å². The van der Waals surface area contributed by atoms with E-state index in [2.05, 4.69) is 15.0 Å². The van der Waals surface area contributed by atoms with Crippen molar-refractivity contribution in [3.8, 4) is 0 Å². The summed E-state index contributed by atoms with van der Waals surface area (Å²) in [7, 11) is 1.31. The van der Waals surface area contributed by atoms with E-state index in [4.69, 9.17) is 5.73 Å². The summed E-state index contributed by atoms with van der Waals surface area (Å²) in [6.07, 6.45) is 1.77. The molecule has 0 fully saturated rings. The largest absolute Gasteiger partial charge is 0.469 e. The molecule has 100 valence electrons. The fourth-order valence-corrected chi connectivity index (χ4v) is 1.80. The number of carbonyl (C=O) groups excluding carboxylic acids is 2. The fourth-order valence-electron chi connectivity index (χ4n) is 1.80. The maximum Gasteiger partial charge on any atom is 0.307 e. The van der Waals surface area contributed by atoms with E-state index in [1.54, 1.807) is 18.3 Å².